The molecular formula is C28H33N3O. The molecule has 0 amide bonds. The van der Waals surface area contributed by atoms with E-state index >= 15 is 0 Å². The van der Waals surface area contributed by atoms with E-state index in [4.69, 9.17) is 4.74 Å². The lowest BCUT2D eigenvalue weighted by molar-refractivity contribution is 0.172. The van der Waals surface area contributed by atoms with E-state index < -0.39 is 0 Å². The molecule has 0 bridgehead atoms. The molecule has 1 atom stereocenters. The lowest BCUT2D eigenvalue weighted by atomic mass is 10.1. The quantitative estimate of drug-likeness (QED) is 0.563. The van der Waals surface area contributed by atoms with Crippen molar-refractivity contribution in [3.63, 3.8) is 0 Å². The van der Waals surface area contributed by atoms with Gasteiger partial charge < -0.3 is 9.64 Å². The molecule has 2 heterocycles. The predicted molar refractivity (Wildman–Crippen MR) is 131 cm³/mol. The highest BCUT2D eigenvalue weighted by atomic mass is 16.5. The van der Waals surface area contributed by atoms with Crippen molar-refractivity contribution in [1.29, 1.82) is 0 Å². The fraction of sp³-hybridized carbons (Fsp3) is 0.357. The normalized spacial score (nSPS) is 19.2. The van der Waals surface area contributed by atoms with Crippen LogP contribution in [0.1, 0.15) is 23.6 Å². The first-order chi connectivity index (χ1) is 15.8. The van der Waals surface area contributed by atoms with Gasteiger partial charge in [-0.25, -0.2) is 0 Å². The van der Waals surface area contributed by atoms with Crippen LogP contribution in [-0.4, -0.2) is 48.6 Å². The maximum Gasteiger partial charge on any atom is 0.119 e. The second-order valence-electron chi connectivity index (χ2n) is 8.94. The fourth-order valence-electron chi connectivity index (χ4n) is 5.14. The van der Waals surface area contributed by atoms with E-state index in [-0.39, 0.29) is 0 Å². The van der Waals surface area contributed by atoms with Gasteiger partial charge in [0.2, 0.25) is 0 Å². The third-order valence-corrected chi connectivity index (χ3v) is 6.62. The van der Waals surface area contributed by atoms with Gasteiger partial charge in [0, 0.05) is 51.5 Å². The summed E-state index contributed by atoms with van der Waals surface area (Å²) in [5.41, 5.74) is 5.61. The second-order valence-corrected chi connectivity index (χ2v) is 8.94. The third-order valence-electron chi connectivity index (χ3n) is 6.62. The molecule has 3 aromatic carbocycles. The van der Waals surface area contributed by atoms with Crippen LogP contribution in [0.5, 0.6) is 5.75 Å². The first kappa shape index (κ1) is 21.0. The van der Waals surface area contributed by atoms with Gasteiger partial charge >= 0.3 is 0 Å². The molecule has 1 unspecified atom stereocenters. The Kier molecular flexibility index (Phi) is 6.42. The number of hydrogen-bond donors (Lipinski definition) is 0. The van der Waals surface area contributed by atoms with Crippen molar-refractivity contribution in [3.8, 4) is 5.75 Å². The van der Waals surface area contributed by atoms with Crippen LogP contribution in [0.4, 0.5) is 5.69 Å². The van der Waals surface area contributed by atoms with E-state index in [2.05, 4.69) is 93.6 Å². The molecular weight excluding hydrogens is 394 g/mol. The monoisotopic (exact) mass is 427 g/mol. The Labute approximate surface area is 192 Å². The molecule has 2 aliphatic heterocycles. The van der Waals surface area contributed by atoms with Gasteiger partial charge in [0.05, 0.1) is 12.6 Å². The highest BCUT2D eigenvalue weighted by Gasteiger charge is 2.32. The van der Waals surface area contributed by atoms with Crippen LogP contribution in [0.3, 0.4) is 0 Å². The lowest BCUT2D eigenvalue weighted by Crippen LogP contribution is -2.55. The number of hydrogen-bond acceptors (Lipinski definition) is 4. The molecule has 3 aromatic rings. The number of piperazine rings is 1. The van der Waals surface area contributed by atoms with Gasteiger partial charge in [-0.3, -0.25) is 9.80 Å². The van der Waals surface area contributed by atoms with E-state index in [9.17, 15) is 0 Å². The van der Waals surface area contributed by atoms with Crippen molar-refractivity contribution < 1.29 is 4.74 Å². The summed E-state index contributed by atoms with van der Waals surface area (Å²) in [7, 11) is 0. The molecule has 0 radical (unpaired) electrons. The Hall–Kier alpha value is -2.82. The molecule has 5 rings (SSSR count). The Bertz CT molecular complexity index is 1000. The Morgan fingerprint density at radius 2 is 1.44 bits per heavy atom. The van der Waals surface area contributed by atoms with Crippen molar-refractivity contribution in [3.05, 3.63) is 95.6 Å². The smallest absolute Gasteiger partial charge is 0.119 e. The lowest BCUT2D eigenvalue weighted by Gasteiger charge is -2.43. The molecule has 1 saturated heterocycles. The maximum absolute atomic E-state index is 5.62. The van der Waals surface area contributed by atoms with Crippen LogP contribution in [0.2, 0.25) is 0 Å². The summed E-state index contributed by atoms with van der Waals surface area (Å²) in [5.74, 6) is 0.951. The number of nitrogens with zero attached hydrogens (tertiary/aromatic N) is 3. The first-order valence-corrected chi connectivity index (χ1v) is 11.8. The van der Waals surface area contributed by atoms with Crippen molar-refractivity contribution in [2.75, 3.05) is 37.7 Å². The average Bonchev–Trinajstić information content (AvgIpc) is 2.97. The minimum atomic E-state index is 0.499. The predicted octanol–water partition coefficient (Wildman–Crippen LogP) is 4.79. The van der Waals surface area contributed by atoms with Gasteiger partial charge in [-0.05, 0) is 41.8 Å². The largest absolute Gasteiger partial charge is 0.494 e. The molecule has 2 aliphatic rings. The van der Waals surface area contributed by atoms with E-state index in [1.165, 1.54) is 22.4 Å². The van der Waals surface area contributed by atoms with Gasteiger partial charge in [-0.2, -0.15) is 0 Å². The zero-order valence-electron chi connectivity index (χ0n) is 19.0. The van der Waals surface area contributed by atoms with Gasteiger partial charge in [-0.1, -0.05) is 60.7 Å². The summed E-state index contributed by atoms with van der Waals surface area (Å²) in [5, 5.41) is 0. The van der Waals surface area contributed by atoms with E-state index in [0.29, 0.717) is 12.6 Å². The number of para-hydroxylation sites is 1. The molecule has 166 valence electrons. The SMILES string of the molecule is CCOc1ccc(CN2Cc3ccccc3N3CCN(Cc4ccccc4)CC3C2)cc1. The zero-order chi connectivity index (χ0) is 21.8. The van der Waals surface area contributed by atoms with Crippen molar-refractivity contribution in [2.24, 2.45) is 0 Å². The number of rotatable bonds is 6. The topological polar surface area (TPSA) is 19.0 Å². The minimum absolute atomic E-state index is 0.499. The van der Waals surface area contributed by atoms with Crippen LogP contribution in [0.15, 0.2) is 78.9 Å². The zero-order valence-corrected chi connectivity index (χ0v) is 19.0. The van der Waals surface area contributed by atoms with E-state index in [1.807, 2.05) is 6.92 Å². The van der Waals surface area contributed by atoms with Crippen molar-refractivity contribution in [2.45, 2.75) is 32.6 Å². The van der Waals surface area contributed by atoms with E-state index in [1.54, 1.807) is 0 Å². The number of fused-ring (bicyclic) bond motifs is 3. The average molecular weight is 428 g/mol. The molecule has 0 spiro atoms. The van der Waals surface area contributed by atoms with Gasteiger partial charge in [0.15, 0.2) is 0 Å². The summed E-state index contributed by atoms with van der Waals surface area (Å²) in [6.07, 6.45) is 0. The minimum Gasteiger partial charge on any atom is -0.494 e. The Balaban J connectivity index is 1.34. The molecule has 0 aromatic heterocycles. The van der Waals surface area contributed by atoms with E-state index in [0.717, 1.165) is 51.6 Å². The third kappa shape index (κ3) is 4.82. The number of anilines is 1. The molecule has 4 heteroatoms. The maximum atomic E-state index is 5.62. The first-order valence-electron chi connectivity index (χ1n) is 11.8. The van der Waals surface area contributed by atoms with Crippen LogP contribution < -0.4 is 9.64 Å². The number of benzene rings is 3. The summed E-state index contributed by atoms with van der Waals surface area (Å²) >= 11 is 0. The molecule has 32 heavy (non-hydrogen) atoms. The summed E-state index contributed by atoms with van der Waals surface area (Å²) in [4.78, 5) is 7.90. The van der Waals surface area contributed by atoms with Crippen molar-refractivity contribution in [1.82, 2.24) is 9.80 Å². The second kappa shape index (κ2) is 9.76. The number of ether oxygens (including phenoxy) is 1. The summed E-state index contributed by atoms with van der Waals surface area (Å²) in [6, 6.07) is 29.0. The fourth-order valence-corrected chi connectivity index (χ4v) is 5.14. The van der Waals surface area contributed by atoms with Crippen molar-refractivity contribution >= 4 is 5.69 Å². The molecule has 1 fully saturated rings. The Morgan fingerprint density at radius 3 is 2.25 bits per heavy atom. The molecule has 4 nitrogen and oxygen atoms in total. The van der Waals surface area contributed by atoms with Crippen LogP contribution >= 0.6 is 0 Å². The van der Waals surface area contributed by atoms with Gasteiger partial charge in [0.25, 0.3) is 0 Å². The molecule has 0 saturated carbocycles. The highest BCUT2D eigenvalue weighted by molar-refractivity contribution is 5.56. The summed E-state index contributed by atoms with van der Waals surface area (Å²) in [6.45, 7) is 10.1. The van der Waals surface area contributed by atoms with Crippen LogP contribution in [0, 0.1) is 0 Å². The Morgan fingerprint density at radius 1 is 0.750 bits per heavy atom. The van der Waals surface area contributed by atoms with Crippen LogP contribution in [-0.2, 0) is 19.6 Å². The molecule has 0 aliphatic carbocycles. The summed E-state index contributed by atoms with van der Waals surface area (Å²) < 4.78 is 5.62. The highest BCUT2D eigenvalue weighted by Crippen LogP contribution is 2.31. The van der Waals surface area contributed by atoms with Gasteiger partial charge in [0.1, 0.15) is 5.75 Å². The standard InChI is InChI=1S/C28H33N3O/c1-2-32-27-14-12-24(13-15-27)19-30-20-25-10-6-7-11-28(25)31-17-16-29(21-26(31)22-30)18-23-8-4-3-5-9-23/h3-15,26H,2,16-22H2,1H3. The van der Waals surface area contributed by atoms with Gasteiger partial charge in [-0.15, -0.1) is 0 Å². The molecule has 0 N–H and O–H groups in total. The van der Waals surface area contributed by atoms with Crippen LogP contribution in [0.25, 0.3) is 0 Å².